The maximum atomic E-state index is 12.2. The molecule has 20 heavy (non-hydrogen) atoms. The number of hydrogen-bond donors (Lipinski definition) is 2. The number of fused-ring (bicyclic) bond motifs is 4. The molecular formula is C14H20ClN3O2. The number of nitrogens with one attached hydrogen (secondary N) is 2. The van der Waals surface area contributed by atoms with E-state index in [1.807, 2.05) is 16.7 Å². The van der Waals surface area contributed by atoms with E-state index >= 15 is 0 Å². The molecule has 2 N–H and O–H groups in total. The molecule has 0 saturated carbocycles. The van der Waals surface area contributed by atoms with E-state index in [4.69, 9.17) is 0 Å². The van der Waals surface area contributed by atoms with Crippen LogP contribution in [-0.4, -0.2) is 30.1 Å². The summed E-state index contributed by atoms with van der Waals surface area (Å²) >= 11 is 0. The van der Waals surface area contributed by atoms with Crippen LogP contribution in [-0.2, 0) is 4.79 Å². The van der Waals surface area contributed by atoms with Crippen molar-refractivity contribution in [2.75, 3.05) is 19.6 Å². The molecule has 3 heterocycles. The van der Waals surface area contributed by atoms with Crippen LogP contribution >= 0.6 is 12.4 Å². The Balaban J connectivity index is 0.00000147. The second kappa shape index (κ2) is 5.97. The number of amides is 1. The van der Waals surface area contributed by atoms with Crippen LogP contribution < -0.4 is 16.2 Å². The monoisotopic (exact) mass is 297 g/mol. The van der Waals surface area contributed by atoms with Crippen molar-refractivity contribution in [1.29, 1.82) is 0 Å². The first kappa shape index (κ1) is 15.1. The first-order chi connectivity index (χ1) is 9.16. The molecule has 1 aromatic heterocycles. The van der Waals surface area contributed by atoms with Crippen molar-refractivity contribution in [2.45, 2.75) is 25.3 Å². The van der Waals surface area contributed by atoms with Gasteiger partial charge in [-0.15, -0.1) is 12.4 Å². The normalized spacial score (nSPS) is 27.1. The Morgan fingerprint density at radius 2 is 2.25 bits per heavy atom. The summed E-state index contributed by atoms with van der Waals surface area (Å²) in [7, 11) is 0. The summed E-state index contributed by atoms with van der Waals surface area (Å²) in [6.07, 6.45) is 1.10. The summed E-state index contributed by atoms with van der Waals surface area (Å²) < 4.78 is 1.90. The minimum absolute atomic E-state index is 0. The third-order valence-corrected chi connectivity index (χ3v) is 4.26. The van der Waals surface area contributed by atoms with Gasteiger partial charge in [0.1, 0.15) is 0 Å². The number of carbonyl (C=O) groups excluding carboxylic acids is 1. The van der Waals surface area contributed by atoms with Gasteiger partial charge in [-0.3, -0.25) is 9.59 Å². The zero-order valence-corrected chi connectivity index (χ0v) is 12.3. The van der Waals surface area contributed by atoms with E-state index in [-0.39, 0.29) is 29.9 Å². The fraction of sp³-hybridized carbons (Fsp3) is 0.571. The van der Waals surface area contributed by atoms with Crippen molar-refractivity contribution in [2.24, 2.45) is 5.92 Å². The summed E-state index contributed by atoms with van der Waals surface area (Å²) in [6, 6.07) is 5.55. The average Bonchev–Trinajstić information content (AvgIpc) is 2.39. The van der Waals surface area contributed by atoms with Gasteiger partial charge in [-0.05, 0) is 18.4 Å². The van der Waals surface area contributed by atoms with Crippen molar-refractivity contribution >= 4 is 18.3 Å². The third-order valence-electron chi connectivity index (χ3n) is 4.26. The minimum atomic E-state index is -0.0450. The van der Waals surface area contributed by atoms with E-state index in [2.05, 4.69) is 10.6 Å². The van der Waals surface area contributed by atoms with E-state index in [0.717, 1.165) is 25.2 Å². The van der Waals surface area contributed by atoms with Crippen molar-refractivity contribution in [3.05, 3.63) is 34.2 Å². The van der Waals surface area contributed by atoms with Crippen LogP contribution in [0, 0.1) is 5.92 Å². The van der Waals surface area contributed by atoms with Gasteiger partial charge in [0.05, 0.1) is 6.04 Å². The molecule has 0 unspecified atom stereocenters. The van der Waals surface area contributed by atoms with Crippen LogP contribution in [0.2, 0.25) is 0 Å². The van der Waals surface area contributed by atoms with Crippen LogP contribution in [0.5, 0.6) is 0 Å². The molecule has 2 bridgehead atoms. The molecule has 2 aliphatic rings. The van der Waals surface area contributed by atoms with Crippen molar-refractivity contribution < 1.29 is 4.79 Å². The first-order valence-corrected chi connectivity index (χ1v) is 6.83. The topological polar surface area (TPSA) is 63.1 Å². The lowest BCUT2D eigenvalue weighted by atomic mass is 9.79. The van der Waals surface area contributed by atoms with E-state index in [1.165, 1.54) is 6.92 Å². The Kier molecular flexibility index (Phi) is 4.50. The Morgan fingerprint density at radius 3 is 3.00 bits per heavy atom. The lowest BCUT2D eigenvalue weighted by Crippen LogP contribution is -2.50. The van der Waals surface area contributed by atoms with Crippen molar-refractivity contribution in [3.8, 4) is 0 Å². The highest BCUT2D eigenvalue weighted by Crippen LogP contribution is 2.37. The fourth-order valence-corrected chi connectivity index (χ4v) is 3.42. The quantitative estimate of drug-likeness (QED) is 0.843. The summed E-state index contributed by atoms with van der Waals surface area (Å²) in [4.78, 5) is 23.3. The number of pyridine rings is 1. The highest BCUT2D eigenvalue weighted by molar-refractivity contribution is 5.85. The van der Waals surface area contributed by atoms with Crippen LogP contribution in [0.25, 0.3) is 0 Å². The number of carbonyl (C=O) groups is 1. The molecule has 110 valence electrons. The second-order valence-corrected chi connectivity index (χ2v) is 5.51. The largest absolute Gasteiger partial charge is 0.354 e. The standard InChI is InChI=1S/C14H19N3O2.ClH/c1-9(18)16-8-13-11-5-10(6-15-7-11)12-3-2-4-14(19)17(12)13;/h2-4,10-11,13,15H,5-8H2,1H3,(H,16,18);1H/t10-,11+,13+;/m1./s1. The Bertz CT molecular complexity index is 558. The van der Waals surface area contributed by atoms with Gasteiger partial charge in [0.25, 0.3) is 5.56 Å². The molecule has 5 nitrogen and oxygen atoms in total. The van der Waals surface area contributed by atoms with Gasteiger partial charge in [0.15, 0.2) is 0 Å². The zero-order valence-electron chi connectivity index (χ0n) is 11.5. The molecule has 1 saturated heterocycles. The smallest absolute Gasteiger partial charge is 0.251 e. The van der Waals surface area contributed by atoms with Crippen LogP contribution in [0.1, 0.15) is 31.0 Å². The number of halogens is 1. The number of nitrogens with zero attached hydrogens (tertiary/aromatic N) is 1. The predicted octanol–water partition coefficient (Wildman–Crippen LogP) is 0.654. The molecule has 0 spiro atoms. The molecule has 1 fully saturated rings. The van der Waals surface area contributed by atoms with Crippen LogP contribution in [0.15, 0.2) is 23.0 Å². The molecule has 0 radical (unpaired) electrons. The molecule has 3 atom stereocenters. The number of rotatable bonds is 2. The maximum Gasteiger partial charge on any atom is 0.251 e. The molecular weight excluding hydrogens is 278 g/mol. The van der Waals surface area contributed by atoms with Gasteiger partial charge < -0.3 is 15.2 Å². The highest BCUT2D eigenvalue weighted by atomic mass is 35.5. The summed E-state index contributed by atoms with van der Waals surface area (Å²) in [6.45, 7) is 3.90. The molecule has 1 amide bonds. The first-order valence-electron chi connectivity index (χ1n) is 6.83. The molecule has 1 aromatic rings. The summed E-state index contributed by atoms with van der Waals surface area (Å²) in [5, 5.41) is 6.30. The van der Waals surface area contributed by atoms with E-state index in [0.29, 0.717) is 18.4 Å². The van der Waals surface area contributed by atoms with Gasteiger partial charge in [-0.1, -0.05) is 6.07 Å². The van der Waals surface area contributed by atoms with E-state index < -0.39 is 0 Å². The molecule has 6 heteroatoms. The lowest BCUT2D eigenvalue weighted by Gasteiger charge is -2.43. The number of hydrogen-bond acceptors (Lipinski definition) is 3. The molecule has 0 aromatic carbocycles. The number of piperidine rings is 1. The Hall–Kier alpha value is -1.33. The van der Waals surface area contributed by atoms with Gasteiger partial charge in [-0.25, -0.2) is 0 Å². The second-order valence-electron chi connectivity index (χ2n) is 5.51. The molecule has 0 aliphatic carbocycles. The van der Waals surface area contributed by atoms with Crippen LogP contribution in [0.4, 0.5) is 0 Å². The fourth-order valence-electron chi connectivity index (χ4n) is 3.42. The zero-order chi connectivity index (χ0) is 13.4. The summed E-state index contributed by atoms with van der Waals surface area (Å²) in [5.74, 6) is 0.788. The van der Waals surface area contributed by atoms with Gasteiger partial charge in [0, 0.05) is 44.2 Å². The van der Waals surface area contributed by atoms with Crippen molar-refractivity contribution in [1.82, 2.24) is 15.2 Å². The van der Waals surface area contributed by atoms with E-state index in [9.17, 15) is 9.59 Å². The highest BCUT2D eigenvalue weighted by Gasteiger charge is 2.37. The van der Waals surface area contributed by atoms with E-state index in [1.54, 1.807) is 6.07 Å². The maximum absolute atomic E-state index is 12.2. The molecule has 3 rings (SSSR count). The average molecular weight is 298 g/mol. The summed E-state index contributed by atoms with van der Waals surface area (Å²) in [5.41, 5.74) is 1.15. The van der Waals surface area contributed by atoms with Crippen molar-refractivity contribution in [3.63, 3.8) is 0 Å². The van der Waals surface area contributed by atoms with Gasteiger partial charge in [0.2, 0.25) is 5.91 Å². The Morgan fingerprint density at radius 1 is 1.45 bits per heavy atom. The third kappa shape index (κ3) is 2.60. The Labute approximate surface area is 124 Å². The lowest BCUT2D eigenvalue weighted by molar-refractivity contribution is -0.119. The van der Waals surface area contributed by atoms with Gasteiger partial charge in [-0.2, -0.15) is 0 Å². The predicted molar refractivity (Wildman–Crippen MR) is 79.4 cm³/mol. The van der Waals surface area contributed by atoms with Crippen LogP contribution in [0.3, 0.4) is 0 Å². The minimum Gasteiger partial charge on any atom is -0.354 e. The SMILES string of the molecule is CC(=O)NC[C@H]1[C@@H]2CNC[C@@H](C2)c2cccc(=O)n21.Cl. The molecule has 2 aliphatic heterocycles. The van der Waals surface area contributed by atoms with Gasteiger partial charge >= 0.3 is 0 Å². The number of aromatic nitrogens is 1.